The quantitative estimate of drug-likeness (QED) is 0.214. The van der Waals surface area contributed by atoms with Gasteiger partial charge in [0.2, 0.25) is 0 Å². The van der Waals surface area contributed by atoms with Crippen LogP contribution in [-0.2, 0) is 38.2 Å². The van der Waals surface area contributed by atoms with Gasteiger partial charge in [-0.15, -0.1) is 6.58 Å². The summed E-state index contributed by atoms with van der Waals surface area (Å²) in [7, 11) is 4.10. The highest BCUT2D eigenvalue weighted by molar-refractivity contribution is 5.90. The summed E-state index contributed by atoms with van der Waals surface area (Å²) in [6.45, 7) is 10.2. The molecule has 4 aliphatic rings. The van der Waals surface area contributed by atoms with Crippen LogP contribution >= 0.6 is 0 Å². The van der Waals surface area contributed by atoms with Crippen LogP contribution in [0.15, 0.2) is 85.5 Å². The van der Waals surface area contributed by atoms with Crippen LogP contribution in [0.25, 0.3) is 0 Å². The minimum absolute atomic E-state index is 0.0408. The zero-order valence-electron chi connectivity index (χ0n) is 29.2. The number of Topliss-reactive ketones (excluding diaryl/α,β-unsaturated/α-hetero) is 1. The Hall–Kier alpha value is -3.98. The van der Waals surface area contributed by atoms with Gasteiger partial charge in [-0.25, -0.2) is 0 Å². The molecule has 1 spiro atoms. The Balaban J connectivity index is 0.000000170. The number of nitrogens with zero attached hydrogens (tertiary/aromatic N) is 2. The number of esters is 1. The summed E-state index contributed by atoms with van der Waals surface area (Å²) in [5.41, 5.74) is 1.79. The van der Waals surface area contributed by atoms with E-state index in [1.807, 2.05) is 55.5 Å². The van der Waals surface area contributed by atoms with Gasteiger partial charge in [0, 0.05) is 56.4 Å². The van der Waals surface area contributed by atoms with Gasteiger partial charge in [-0.1, -0.05) is 86.7 Å². The van der Waals surface area contributed by atoms with Crippen molar-refractivity contribution >= 4 is 11.8 Å². The first kappa shape index (κ1) is 34.9. The first-order valence-corrected chi connectivity index (χ1v) is 17.6. The van der Waals surface area contributed by atoms with Crippen LogP contribution in [0.5, 0.6) is 11.5 Å². The second kappa shape index (κ2) is 13.7. The van der Waals surface area contributed by atoms with Gasteiger partial charge in [-0.05, 0) is 56.1 Å². The Bertz CT molecular complexity index is 1680. The minimum atomic E-state index is -1.00. The molecular formula is C41H50N2O6. The van der Waals surface area contributed by atoms with E-state index in [1.165, 1.54) is 5.56 Å². The molecule has 0 radical (unpaired) electrons. The Morgan fingerprint density at radius 3 is 2.47 bits per heavy atom. The molecule has 260 valence electrons. The third kappa shape index (κ3) is 5.88. The van der Waals surface area contributed by atoms with Crippen molar-refractivity contribution in [1.82, 2.24) is 9.80 Å². The normalized spacial score (nSPS) is 26.8. The standard InChI is InChI=1S/C22H29NO2.C19H21NO4/c1-5-21(24)25-22(18(2)17-23(3)4,20-14-10-7-11-15-20)16-19-12-8-6-9-13-19;1-2-8-20-9-7-18-15-11-3-4-12(21)16(15)24-17(18)13(22)5-6-19(18,23)14(20)10-11/h6-15,18H,5,16-17H2,1-4H3;2-4,14,17,21,23H,1,5-10H2/t18-,22+;14-,17+,18+,19-/m11/s1. The molecule has 2 heterocycles. The summed E-state index contributed by atoms with van der Waals surface area (Å²) >= 11 is 0. The van der Waals surface area contributed by atoms with Crippen LogP contribution in [-0.4, -0.2) is 83.2 Å². The Morgan fingerprint density at radius 2 is 1.82 bits per heavy atom. The molecule has 49 heavy (non-hydrogen) atoms. The van der Waals surface area contributed by atoms with Gasteiger partial charge in [-0.2, -0.15) is 0 Å². The molecule has 6 atom stereocenters. The summed E-state index contributed by atoms with van der Waals surface area (Å²) in [5, 5.41) is 22.1. The van der Waals surface area contributed by atoms with E-state index >= 15 is 0 Å². The molecule has 0 aromatic heterocycles. The van der Waals surface area contributed by atoms with Crippen molar-refractivity contribution < 1.29 is 29.3 Å². The number of hydrogen-bond acceptors (Lipinski definition) is 8. The molecule has 2 aliphatic heterocycles. The molecule has 1 saturated heterocycles. The number of likely N-dealkylation sites (tertiary alicyclic amines) is 1. The molecule has 0 amide bonds. The maximum absolute atomic E-state index is 12.6. The number of aliphatic hydroxyl groups is 1. The topological polar surface area (TPSA) is 99.5 Å². The monoisotopic (exact) mass is 666 g/mol. The van der Waals surface area contributed by atoms with Crippen molar-refractivity contribution in [3.8, 4) is 11.5 Å². The zero-order valence-corrected chi connectivity index (χ0v) is 29.2. The molecule has 7 rings (SSSR count). The van der Waals surface area contributed by atoms with Gasteiger partial charge in [0.1, 0.15) is 5.60 Å². The molecule has 2 fully saturated rings. The second-order valence-electron chi connectivity index (χ2n) is 14.5. The number of phenols is 1. The lowest BCUT2D eigenvalue weighted by Gasteiger charge is -2.62. The second-order valence-corrected chi connectivity index (χ2v) is 14.5. The fraction of sp³-hybridized carbons (Fsp3) is 0.463. The summed E-state index contributed by atoms with van der Waals surface area (Å²) in [6.07, 6.45) is 4.38. The summed E-state index contributed by atoms with van der Waals surface area (Å²) in [6, 6.07) is 23.9. The van der Waals surface area contributed by atoms with Gasteiger partial charge >= 0.3 is 5.97 Å². The summed E-state index contributed by atoms with van der Waals surface area (Å²) in [4.78, 5) is 29.4. The Morgan fingerprint density at radius 1 is 1.12 bits per heavy atom. The first-order chi connectivity index (χ1) is 23.5. The third-order valence-corrected chi connectivity index (χ3v) is 11.3. The number of piperidine rings is 1. The van der Waals surface area contributed by atoms with Crippen molar-refractivity contribution in [2.45, 2.75) is 81.1 Å². The number of carbonyl (C=O) groups excluding carboxylic acids is 2. The number of carbonyl (C=O) groups is 2. The average Bonchev–Trinajstić information content (AvgIpc) is 3.46. The third-order valence-electron chi connectivity index (χ3n) is 11.3. The molecule has 1 saturated carbocycles. The van der Waals surface area contributed by atoms with Crippen LogP contribution in [0.2, 0.25) is 0 Å². The Kier molecular flexibility index (Phi) is 9.77. The number of rotatable bonds is 10. The molecule has 3 aromatic carbocycles. The fourth-order valence-corrected chi connectivity index (χ4v) is 9.14. The van der Waals surface area contributed by atoms with Crippen LogP contribution < -0.4 is 4.74 Å². The Labute approximate surface area is 290 Å². The number of ketones is 1. The number of benzene rings is 3. The average molecular weight is 667 g/mol. The van der Waals surface area contributed by atoms with Crippen LogP contribution in [0, 0.1) is 5.92 Å². The van der Waals surface area contributed by atoms with Crippen LogP contribution in [0.1, 0.15) is 61.8 Å². The van der Waals surface area contributed by atoms with E-state index in [2.05, 4.69) is 61.7 Å². The van der Waals surface area contributed by atoms with E-state index in [1.54, 1.807) is 6.07 Å². The molecule has 8 nitrogen and oxygen atoms in total. The first-order valence-electron chi connectivity index (χ1n) is 17.6. The predicted molar refractivity (Wildman–Crippen MR) is 190 cm³/mol. The molecule has 2 N–H and O–H groups in total. The van der Waals surface area contributed by atoms with Gasteiger partial charge in [0.05, 0.1) is 11.0 Å². The van der Waals surface area contributed by atoms with E-state index in [4.69, 9.17) is 9.47 Å². The van der Waals surface area contributed by atoms with E-state index in [9.17, 15) is 19.8 Å². The zero-order chi connectivity index (χ0) is 35.0. The SMILES string of the molecule is C=CCN1CC[C@]23c4c5ccc(O)c4O[C@H]2C(=O)CC[C@@]3(O)[C@H]1C5.CCC(=O)O[C@](Cc1ccccc1)(c1ccccc1)[C@H](C)CN(C)C. The summed E-state index contributed by atoms with van der Waals surface area (Å²) in [5.74, 6) is 0.506. The fourth-order valence-electron chi connectivity index (χ4n) is 9.14. The smallest absolute Gasteiger partial charge is 0.306 e. The minimum Gasteiger partial charge on any atom is -0.504 e. The van der Waals surface area contributed by atoms with Crippen molar-refractivity contribution in [1.29, 1.82) is 0 Å². The molecule has 8 heteroatoms. The number of ether oxygens (including phenoxy) is 2. The molecule has 2 aliphatic carbocycles. The predicted octanol–water partition coefficient (Wildman–Crippen LogP) is 5.58. The lowest BCUT2D eigenvalue weighted by atomic mass is 9.49. The molecular weight excluding hydrogens is 616 g/mol. The lowest BCUT2D eigenvalue weighted by Crippen LogP contribution is -2.76. The van der Waals surface area contributed by atoms with Crippen molar-refractivity contribution in [2.24, 2.45) is 5.92 Å². The highest BCUT2D eigenvalue weighted by Crippen LogP contribution is 2.64. The lowest BCUT2D eigenvalue weighted by molar-refractivity contribution is -0.187. The van der Waals surface area contributed by atoms with Gasteiger partial charge < -0.3 is 24.6 Å². The maximum atomic E-state index is 12.6. The molecule has 0 unspecified atom stereocenters. The largest absolute Gasteiger partial charge is 0.504 e. The number of hydrogen-bond donors (Lipinski definition) is 2. The highest BCUT2D eigenvalue weighted by atomic mass is 16.6. The van der Waals surface area contributed by atoms with Gasteiger partial charge in [-0.3, -0.25) is 14.5 Å². The molecule has 3 aromatic rings. The van der Waals surface area contributed by atoms with E-state index < -0.39 is 22.7 Å². The number of phenolic OH excluding ortho intramolecular Hbond substituents is 1. The van der Waals surface area contributed by atoms with Gasteiger partial charge in [0.15, 0.2) is 23.4 Å². The summed E-state index contributed by atoms with van der Waals surface area (Å²) < 4.78 is 12.2. The van der Waals surface area contributed by atoms with Crippen molar-refractivity contribution in [3.63, 3.8) is 0 Å². The van der Waals surface area contributed by atoms with E-state index in [0.29, 0.717) is 44.3 Å². The van der Waals surface area contributed by atoms with Gasteiger partial charge in [0.25, 0.3) is 0 Å². The number of aromatic hydroxyl groups is 1. The highest BCUT2D eigenvalue weighted by Gasteiger charge is 2.73. The maximum Gasteiger partial charge on any atom is 0.306 e. The van der Waals surface area contributed by atoms with Crippen molar-refractivity contribution in [2.75, 3.05) is 33.7 Å². The van der Waals surface area contributed by atoms with Crippen molar-refractivity contribution in [3.05, 3.63) is 108 Å². The van der Waals surface area contributed by atoms with E-state index in [0.717, 1.165) is 36.3 Å². The van der Waals surface area contributed by atoms with Crippen LogP contribution in [0.4, 0.5) is 0 Å². The van der Waals surface area contributed by atoms with Crippen LogP contribution in [0.3, 0.4) is 0 Å². The van der Waals surface area contributed by atoms with E-state index in [-0.39, 0.29) is 29.5 Å². The molecule has 2 bridgehead atoms.